The van der Waals surface area contributed by atoms with Crippen LogP contribution < -0.4 is 5.01 Å². The Balaban J connectivity index is 1.67. The third kappa shape index (κ3) is 1.81. The Kier molecular flexibility index (Phi) is 2.86. The van der Waals surface area contributed by atoms with Gasteiger partial charge in [-0.05, 0) is 36.8 Å². The largest absolute Gasteiger partial charge is 0.344 e. The van der Waals surface area contributed by atoms with Gasteiger partial charge in [-0.15, -0.1) is 0 Å². The van der Waals surface area contributed by atoms with E-state index in [9.17, 15) is 4.79 Å². The van der Waals surface area contributed by atoms with Gasteiger partial charge in [-0.2, -0.15) is 10.1 Å². The van der Waals surface area contributed by atoms with Crippen LogP contribution in [0.4, 0.5) is 5.69 Å². The number of ether oxygens (including phenoxy) is 1. The van der Waals surface area contributed by atoms with Crippen LogP contribution in [0.2, 0.25) is 5.02 Å². The highest BCUT2D eigenvalue weighted by atomic mass is 35.5. The number of hydrazone groups is 1. The monoisotopic (exact) mass is 312 g/mol. The molecule has 22 heavy (non-hydrogen) atoms. The molecule has 2 aliphatic heterocycles. The molecule has 2 atom stereocenters. The van der Waals surface area contributed by atoms with Crippen LogP contribution in [0.15, 0.2) is 59.7 Å². The van der Waals surface area contributed by atoms with Crippen molar-refractivity contribution in [2.24, 2.45) is 5.10 Å². The molecule has 1 fully saturated rings. The van der Waals surface area contributed by atoms with Crippen LogP contribution in [0, 0.1) is 0 Å². The van der Waals surface area contributed by atoms with Gasteiger partial charge in [-0.25, -0.2) is 0 Å². The zero-order valence-corrected chi connectivity index (χ0v) is 12.6. The number of carbonyl (C=O) groups excluding carboxylic acids is 1. The second-order valence-electron chi connectivity index (χ2n) is 5.42. The predicted octanol–water partition coefficient (Wildman–Crippen LogP) is 3.57. The molecule has 0 saturated carbocycles. The van der Waals surface area contributed by atoms with E-state index in [1.54, 1.807) is 12.1 Å². The maximum Gasteiger partial charge on any atom is 0.288 e. The molecule has 1 amide bonds. The molecule has 2 aliphatic rings. The molecule has 0 aromatic heterocycles. The molecule has 1 spiro atoms. The Morgan fingerprint density at radius 2 is 1.82 bits per heavy atom. The summed E-state index contributed by atoms with van der Waals surface area (Å²) in [4.78, 5) is 12.8. The molecular formula is C17H13ClN2O2. The number of hydrogen-bond acceptors (Lipinski definition) is 3. The summed E-state index contributed by atoms with van der Waals surface area (Å²) in [5.41, 5.74) is 1.40. The van der Waals surface area contributed by atoms with Gasteiger partial charge in [-0.1, -0.05) is 41.9 Å². The molecule has 0 unspecified atom stereocenters. The zero-order valence-electron chi connectivity index (χ0n) is 11.9. The second kappa shape index (κ2) is 4.66. The average molecular weight is 313 g/mol. The van der Waals surface area contributed by atoms with Crippen molar-refractivity contribution in [3.63, 3.8) is 0 Å². The number of carbonyl (C=O) groups is 1. The topological polar surface area (TPSA) is 45.2 Å². The highest BCUT2D eigenvalue weighted by molar-refractivity contribution is 6.30. The molecule has 4 nitrogen and oxygen atoms in total. The number of hydrogen-bond donors (Lipinski definition) is 0. The van der Waals surface area contributed by atoms with Crippen molar-refractivity contribution < 1.29 is 9.53 Å². The van der Waals surface area contributed by atoms with E-state index in [0.717, 1.165) is 11.3 Å². The van der Waals surface area contributed by atoms with Crippen LogP contribution >= 0.6 is 11.6 Å². The molecule has 1 saturated heterocycles. The summed E-state index contributed by atoms with van der Waals surface area (Å²) in [6.45, 7) is 1.83. The first-order chi connectivity index (χ1) is 10.6. The normalized spacial score (nSPS) is 26.5. The van der Waals surface area contributed by atoms with Gasteiger partial charge in [-0.3, -0.25) is 4.79 Å². The molecule has 5 heteroatoms. The minimum absolute atomic E-state index is 0.142. The number of rotatable bonds is 2. The van der Waals surface area contributed by atoms with Crippen molar-refractivity contribution in [1.82, 2.24) is 0 Å². The Hall–Kier alpha value is -2.17. The van der Waals surface area contributed by atoms with Crippen molar-refractivity contribution in [3.05, 3.63) is 65.2 Å². The summed E-state index contributed by atoms with van der Waals surface area (Å²) in [6.07, 6.45) is -0.297. The fourth-order valence-corrected chi connectivity index (χ4v) is 2.98. The Labute approximate surface area is 133 Å². The highest BCUT2D eigenvalue weighted by Crippen LogP contribution is 2.54. The van der Waals surface area contributed by atoms with E-state index in [0.29, 0.717) is 10.7 Å². The number of anilines is 1. The fourth-order valence-electron chi connectivity index (χ4n) is 2.86. The highest BCUT2D eigenvalue weighted by Gasteiger charge is 2.69. The summed E-state index contributed by atoms with van der Waals surface area (Å²) < 4.78 is 5.80. The third-order valence-corrected chi connectivity index (χ3v) is 4.34. The minimum Gasteiger partial charge on any atom is -0.344 e. The third-order valence-electron chi connectivity index (χ3n) is 4.09. The molecule has 0 aliphatic carbocycles. The molecular weight excluding hydrogens is 300 g/mol. The van der Waals surface area contributed by atoms with Crippen molar-refractivity contribution in [2.45, 2.75) is 18.6 Å². The van der Waals surface area contributed by atoms with Crippen LogP contribution in [-0.4, -0.2) is 17.2 Å². The molecule has 2 aromatic carbocycles. The number of para-hydroxylation sites is 1. The van der Waals surface area contributed by atoms with E-state index in [4.69, 9.17) is 16.3 Å². The van der Waals surface area contributed by atoms with Gasteiger partial charge in [0.05, 0.1) is 11.4 Å². The van der Waals surface area contributed by atoms with Crippen LogP contribution in [0.25, 0.3) is 0 Å². The Bertz CT molecular complexity index is 773. The van der Waals surface area contributed by atoms with Crippen molar-refractivity contribution in [2.75, 3.05) is 5.01 Å². The summed E-state index contributed by atoms with van der Waals surface area (Å²) in [6, 6.07) is 16.7. The van der Waals surface area contributed by atoms with Crippen molar-refractivity contribution in [1.29, 1.82) is 0 Å². The molecule has 0 N–H and O–H groups in total. The van der Waals surface area contributed by atoms with E-state index < -0.39 is 5.60 Å². The van der Waals surface area contributed by atoms with E-state index in [1.165, 1.54) is 5.01 Å². The van der Waals surface area contributed by atoms with E-state index in [2.05, 4.69) is 5.10 Å². The first-order valence-corrected chi connectivity index (χ1v) is 7.39. The van der Waals surface area contributed by atoms with E-state index in [1.807, 2.05) is 49.4 Å². The van der Waals surface area contributed by atoms with Gasteiger partial charge in [0.15, 0.2) is 0 Å². The number of benzene rings is 2. The predicted molar refractivity (Wildman–Crippen MR) is 85.0 cm³/mol. The summed E-state index contributed by atoms with van der Waals surface area (Å²) >= 11 is 5.91. The quantitative estimate of drug-likeness (QED) is 0.796. The second-order valence-corrected chi connectivity index (χ2v) is 5.86. The van der Waals surface area contributed by atoms with E-state index >= 15 is 0 Å². The van der Waals surface area contributed by atoms with Crippen LogP contribution in [-0.2, 0) is 9.53 Å². The minimum atomic E-state index is -0.955. The van der Waals surface area contributed by atoms with Crippen LogP contribution in [0.1, 0.15) is 18.6 Å². The Morgan fingerprint density at radius 1 is 1.14 bits per heavy atom. The lowest BCUT2D eigenvalue weighted by Crippen LogP contribution is -2.35. The standard InChI is InChI=1S/C17H13ClN2O2/c1-11-17(15(22-17)12-7-9-13(18)10-8-12)16(21)20(19-11)14-5-3-2-4-6-14/h2-10,15H,1H3/t15-,17+/m0/s1. The molecule has 2 heterocycles. The van der Waals surface area contributed by atoms with Gasteiger partial charge in [0.2, 0.25) is 5.60 Å². The molecule has 4 rings (SSSR count). The van der Waals surface area contributed by atoms with Crippen molar-refractivity contribution in [3.8, 4) is 0 Å². The molecule has 2 aromatic rings. The lowest BCUT2D eigenvalue weighted by molar-refractivity contribution is -0.120. The maximum atomic E-state index is 12.8. The summed E-state index contributed by atoms with van der Waals surface area (Å²) in [5, 5.41) is 6.48. The summed E-state index contributed by atoms with van der Waals surface area (Å²) in [5.74, 6) is -0.142. The first kappa shape index (κ1) is 13.5. The Morgan fingerprint density at radius 3 is 2.50 bits per heavy atom. The van der Waals surface area contributed by atoms with Gasteiger partial charge in [0.25, 0.3) is 5.91 Å². The van der Waals surface area contributed by atoms with Gasteiger partial charge in [0.1, 0.15) is 6.10 Å². The average Bonchev–Trinajstić information content (AvgIpc) is 3.25. The number of nitrogens with zero attached hydrogens (tertiary/aromatic N) is 2. The van der Waals surface area contributed by atoms with Crippen LogP contribution in [0.3, 0.4) is 0 Å². The SMILES string of the molecule is CC1=NN(c2ccccc2)C(=O)[C@@]12O[C@H]2c1ccc(Cl)cc1. The fraction of sp³-hybridized carbons (Fsp3) is 0.176. The lowest BCUT2D eigenvalue weighted by Gasteiger charge is -2.12. The van der Waals surface area contributed by atoms with Gasteiger partial charge >= 0.3 is 0 Å². The first-order valence-electron chi connectivity index (χ1n) is 7.01. The number of amides is 1. The molecule has 0 bridgehead atoms. The van der Waals surface area contributed by atoms with E-state index in [-0.39, 0.29) is 12.0 Å². The smallest absolute Gasteiger partial charge is 0.288 e. The molecule has 0 radical (unpaired) electrons. The lowest BCUT2D eigenvalue weighted by atomic mass is 9.95. The van der Waals surface area contributed by atoms with Crippen molar-refractivity contribution >= 4 is 28.9 Å². The number of halogens is 1. The van der Waals surface area contributed by atoms with Crippen LogP contribution in [0.5, 0.6) is 0 Å². The van der Waals surface area contributed by atoms with Gasteiger partial charge in [0, 0.05) is 5.02 Å². The molecule has 110 valence electrons. The zero-order chi connectivity index (χ0) is 15.3. The maximum absolute atomic E-state index is 12.8. The summed E-state index contributed by atoms with van der Waals surface area (Å²) in [7, 11) is 0. The van der Waals surface area contributed by atoms with Gasteiger partial charge < -0.3 is 4.74 Å². The number of epoxide rings is 1.